The van der Waals surface area contributed by atoms with E-state index in [1.807, 2.05) is 31.2 Å². The lowest BCUT2D eigenvalue weighted by molar-refractivity contribution is -0.142. The molecule has 2 aromatic carbocycles. The summed E-state index contributed by atoms with van der Waals surface area (Å²) >= 11 is 0. The molecule has 0 fully saturated rings. The molecule has 3 heteroatoms. The van der Waals surface area contributed by atoms with E-state index in [2.05, 4.69) is 29.0 Å². The van der Waals surface area contributed by atoms with Crippen molar-refractivity contribution in [2.75, 3.05) is 7.11 Å². The van der Waals surface area contributed by atoms with Crippen LogP contribution < -0.4 is 5.73 Å². The van der Waals surface area contributed by atoms with Gasteiger partial charge in [-0.15, -0.1) is 0 Å². The fourth-order valence-corrected chi connectivity index (χ4v) is 2.21. The number of nitrogens with two attached hydrogens (primary N) is 1. The number of hydrogen-bond acceptors (Lipinski definition) is 3. The quantitative estimate of drug-likeness (QED) is 0.868. The van der Waals surface area contributed by atoms with Crippen molar-refractivity contribution in [3.8, 4) is 11.1 Å². The molecule has 0 aliphatic carbocycles. The highest BCUT2D eigenvalue weighted by atomic mass is 16.5. The monoisotopic (exact) mass is 269 g/mol. The maximum atomic E-state index is 11.4. The van der Waals surface area contributed by atoms with Gasteiger partial charge in [-0.1, -0.05) is 48.5 Å². The predicted molar refractivity (Wildman–Crippen MR) is 80.3 cm³/mol. The van der Waals surface area contributed by atoms with Gasteiger partial charge in [0.05, 0.1) is 7.11 Å². The number of carbonyl (C=O) groups excluding carboxylic acids is 1. The summed E-state index contributed by atoms with van der Waals surface area (Å²) in [4.78, 5) is 11.4. The summed E-state index contributed by atoms with van der Waals surface area (Å²) < 4.78 is 4.65. The second-order valence-corrected chi connectivity index (χ2v) is 4.84. The summed E-state index contributed by atoms with van der Waals surface area (Å²) in [5.74, 6) is -0.378. The first-order valence-corrected chi connectivity index (χ1v) is 6.60. The van der Waals surface area contributed by atoms with E-state index in [-0.39, 0.29) is 5.97 Å². The van der Waals surface area contributed by atoms with Crippen molar-refractivity contribution in [3.63, 3.8) is 0 Å². The second kappa shape index (κ2) is 6.35. The fourth-order valence-electron chi connectivity index (χ4n) is 2.21. The van der Waals surface area contributed by atoms with E-state index in [0.29, 0.717) is 6.42 Å². The molecule has 0 aliphatic heterocycles. The number of esters is 1. The highest BCUT2D eigenvalue weighted by Gasteiger charge is 2.15. The molecular formula is C17H19NO2. The van der Waals surface area contributed by atoms with E-state index in [0.717, 1.165) is 11.1 Å². The Balaban J connectivity index is 2.20. The molecule has 2 rings (SSSR count). The average Bonchev–Trinajstić information content (AvgIpc) is 2.49. The van der Waals surface area contributed by atoms with Gasteiger partial charge in [-0.25, -0.2) is 0 Å². The third-order valence-electron chi connectivity index (χ3n) is 3.39. The van der Waals surface area contributed by atoms with Gasteiger partial charge in [-0.05, 0) is 35.6 Å². The Kier molecular flexibility index (Phi) is 4.53. The Morgan fingerprint density at radius 2 is 1.85 bits per heavy atom. The SMILES string of the molecule is COC(=O)C(N)Cc1ccc(-c2ccccc2)cc1C. The van der Waals surface area contributed by atoms with Crippen LogP contribution in [0.5, 0.6) is 0 Å². The minimum atomic E-state index is -0.610. The molecule has 20 heavy (non-hydrogen) atoms. The number of benzene rings is 2. The average molecular weight is 269 g/mol. The summed E-state index contributed by atoms with van der Waals surface area (Å²) in [6, 6.07) is 15.8. The summed E-state index contributed by atoms with van der Waals surface area (Å²) in [6.07, 6.45) is 0.494. The number of rotatable bonds is 4. The van der Waals surface area contributed by atoms with E-state index in [9.17, 15) is 4.79 Å². The lowest BCUT2D eigenvalue weighted by Gasteiger charge is -2.12. The highest BCUT2D eigenvalue weighted by Crippen LogP contribution is 2.22. The maximum Gasteiger partial charge on any atom is 0.322 e. The summed E-state index contributed by atoms with van der Waals surface area (Å²) in [7, 11) is 1.35. The van der Waals surface area contributed by atoms with E-state index in [1.165, 1.54) is 18.2 Å². The van der Waals surface area contributed by atoms with E-state index in [1.54, 1.807) is 0 Å². The Bertz CT molecular complexity index is 593. The molecule has 2 aromatic rings. The van der Waals surface area contributed by atoms with Crippen molar-refractivity contribution >= 4 is 5.97 Å². The minimum absolute atomic E-state index is 0.378. The number of ether oxygens (including phenoxy) is 1. The van der Waals surface area contributed by atoms with Crippen LogP contribution in [0.3, 0.4) is 0 Å². The van der Waals surface area contributed by atoms with Gasteiger partial charge in [0, 0.05) is 0 Å². The molecular weight excluding hydrogens is 250 g/mol. The van der Waals surface area contributed by atoms with Crippen molar-refractivity contribution in [2.24, 2.45) is 5.73 Å². The van der Waals surface area contributed by atoms with Crippen LogP contribution in [0.1, 0.15) is 11.1 Å². The molecule has 0 aliphatic rings. The summed E-state index contributed by atoms with van der Waals surface area (Å²) in [5, 5.41) is 0. The van der Waals surface area contributed by atoms with Crippen LogP contribution in [0, 0.1) is 6.92 Å². The van der Waals surface area contributed by atoms with Crippen LogP contribution in [0.15, 0.2) is 48.5 Å². The first-order chi connectivity index (χ1) is 9.61. The van der Waals surface area contributed by atoms with Gasteiger partial charge in [0.25, 0.3) is 0 Å². The molecule has 1 unspecified atom stereocenters. The molecule has 0 spiro atoms. The molecule has 0 saturated carbocycles. The molecule has 0 aromatic heterocycles. The summed E-state index contributed by atoms with van der Waals surface area (Å²) in [5.41, 5.74) is 10.4. The zero-order valence-electron chi connectivity index (χ0n) is 11.8. The number of methoxy groups -OCH3 is 1. The van der Waals surface area contributed by atoms with Crippen LogP contribution in [-0.2, 0) is 16.0 Å². The van der Waals surface area contributed by atoms with Crippen LogP contribution >= 0.6 is 0 Å². The molecule has 1 atom stereocenters. The fraction of sp³-hybridized carbons (Fsp3) is 0.235. The van der Waals surface area contributed by atoms with E-state index in [4.69, 9.17) is 5.73 Å². The Hall–Kier alpha value is -2.13. The molecule has 0 radical (unpaired) electrons. The molecule has 2 N–H and O–H groups in total. The first-order valence-electron chi connectivity index (χ1n) is 6.60. The standard InChI is InChI=1S/C17H19NO2/c1-12-10-15(13-6-4-3-5-7-13)9-8-14(12)11-16(18)17(19)20-2/h3-10,16H,11,18H2,1-2H3. The molecule has 0 saturated heterocycles. The van der Waals surface area contributed by atoms with Gasteiger partial charge in [-0.2, -0.15) is 0 Å². The third-order valence-corrected chi connectivity index (χ3v) is 3.39. The van der Waals surface area contributed by atoms with Crippen LogP contribution in [0.25, 0.3) is 11.1 Å². The van der Waals surface area contributed by atoms with Gasteiger partial charge >= 0.3 is 5.97 Å². The number of carbonyl (C=O) groups is 1. The molecule has 0 heterocycles. The van der Waals surface area contributed by atoms with E-state index >= 15 is 0 Å². The molecule has 0 amide bonds. The normalized spacial score (nSPS) is 11.9. The van der Waals surface area contributed by atoms with E-state index < -0.39 is 6.04 Å². The van der Waals surface area contributed by atoms with Crippen molar-refractivity contribution < 1.29 is 9.53 Å². The Morgan fingerprint density at radius 3 is 2.45 bits per heavy atom. The minimum Gasteiger partial charge on any atom is -0.468 e. The maximum absolute atomic E-state index is 11.4. The van der Waals surface area contributed by atoms with Gasteiger partial charge in [-0.3, -0.25) is 4.79 Å². The lowest BCUT2D eigenvalue weighted by atomic mass is 9.96. The van der Waals surface area contributed by atoms with Crippen molar-refractivity contribution in [1.82, 2.24) is 0 Å². The Morgan fingerprint density at radius 1 is 1.15 bits per heavy atom. The molecule has 0 bridgehead atoms. The molecule has 104 valence electrons. The van der Waals surface area contributed by atoms with Crippen LogP contribution in [-0.4, -0.2) is 19.1 Å². The topological polar surface area (TPSA) is 52.3 Å². The van der Waals surface area contributed by atoms with Crippen molar-refractivity contribution in [3.05, 3.63) is 59.7 Å². The highest BCUT2D eigenvalue weighted by molar-refractivity contribution is 5.76. The van der Waals surface area contributed by atoms with Crippen molar-refractivity contribution in [2.45, 2.75) is 19.4 Å². The van der Waals surface area contributed by atoms with Gasteiger partial charge in [0.2, 0.25) is 0 Å². The number of aryl methyl sites for hydroxylation is 1. The van der Waals surface area contributed by atoms with Gasteiger partial charge in [0.15, 0.2) is 0 Å². The van der Waals surface area contributed by atoms with Crippen LogP contribution in [0.4, 0.5) is 0 Å². The number of hydrogen-bond donors (Lipinski definition) is 1. The van der Waals surface area contributed by atoms with Gasteiger partial charge in [0.1, 0.15) is 6.04 Å². The smallest absolute Gasteiger partial charge is 0.322 e. The van der Waals surface area contributed by atoms with Crippen LogP contribution in [0.2, 0.25) is 0 Å². The second-order valence-electron chi connectivity index (χ2n) is 4.84. The predicted octanol–water partition coefficient (Wildman–Crippen LogP) is 2.70. The third kappa shape index (κ3) is 3.25. The molecule has 3 nitrogen and oxygen atoms in total. The zero-order chi connectivity index (χ0) is 14.5. The van der Waals surface area contributed by atoms with Crippen molar-refractivity contribution in [1.29, 1.82) is 0 Å². The largest absolute Gasteiger partial charge is 0.468 e. The van der Waals surface area contributed by atoms with Gasteiger partial charge < -0.3 is 10.5 Å². The lowest BCUT2D eigenvalue weighted by Crippen LogP contribution is -2.33. The zero-order valence-corrected chi connectivity index (χ0v) is 11.8. The first kappa shape index (κ1) is 14.3. The summed E-state index contributed by atoms with van der Waals surface area (Å²) in [6.45, 7) is 2.03. The Labute approximate surface area is 119 Å².